The molecule has 0 aliphatic carbocycles. The third-order valence-electron chi connectivity index (χ3n) is 6.23. The Balaban J connectivity index is 1.75. The number of likely N-dealkylation sites (tertiary alicyclic amines) is 2. The van der Waals surface area contributed by atoms with Gasteiger partial charge in [0.25, 0.3) is 0 Å². The van der Waals surface area contributed by atoms with Crippen molar-refractivity contribution in [2.75, 3.05) is 26.2 Å². The van der Waals surface area contributed by atoms with Crippen LogP contribution in [0.25, 0.3) is 0 Å². The summed E-state index contributed by atoms with van der Waals surface area (Å²) >= 11 is 12.4. The molecule has 2 heterocycles. The van der Waals surface area contributed by atoms with Gasteiger partial charge in [-0.25, -0.2) is 4.79 Å². The Morgan fingerprint density at radius 2 is 1.90 bits per heavy atom. The van der Waals surface area contributed by atoms with E-state index in [1.54, 1.807) is 6.07 Å². The molecule has 3 rings (SSSR count). The molecule has 2 aliphatic rings. The molecule has 3 atom stereocenters. The van der Waals surface area contributed by atoms with E-state index in [1.165, 1.54) is 0 Å². The zero-order valence-corrected chi connectivity index (χ0v) is 20.2. The maximum Gasteiger partial charge on any atom is 0.410 e. The number of carbonyl (C=O) groups excluding carboxylic acids is 1. The minimum absolute atomic E-state index is 0.0148. The van der Waals surface area contributed by atoms with Gasteiger partial charge >= 0.3 is 6.09 Å². The maximum atomic E-state index is 13.0. The molecule has 1 unspecified atom stereocenters. The molecule has 8 heteroatoms. The van der Waals surface area contributed by atoms with E-state index in [-0.39, 0.29) is 30.2 Å². The van der Waals surface area contributed by atoms with E-state index in [4.69, 9.17) is 33.7 Å². The van der Waals surface area contributed by atoms with Crippen molar-refractivity contribution in [3.63, 3.8) is 0 Å². The van der Waals surface area contributed by atoms with Crippen molar-refractivity contribution < 1.29 is 14.6 Å². The predicted molar refractivity (Wildman–Crippen MR) is 125 cm³/mol. The second-order valence-electron chi connectivity index (χ2n) is 9.83. The summed E-state index contributed by atoms with van der Waals surface area (Å²) in [5.74, 6) is 0.0848. The average molecular weight is 472 g/mol. The first-order chi connectivity index (χ1) is 14.5. The summed E-state index contributed by atoms with van der Waals surface area (Å²) in [6.45, 7) is 8.71. The van der Waals surface area contributed by atoms with Gasteiger partial charge in [-0.1, -0.05) is 29.3 Å². The third kappa shape index (κ3) is 6.72. The first-order valence-corrected chi connectivity index (χ1v) is 11.9. The number of ether oxygens (including phenoxy) is 1. The van der Waals surface area contributed by atoms with Gasteiger partial charge in [-0.2, -0.15) is 0 Å². The molecule has 2 fully saturated rings. The third-order valence-corrected chi connectivity index (χ3v) is 6.97. The van der Waals surface area contributed by atoms with Crippen LogP contribution in [0.3, 0.4) is 0 Å². The van der Waals surface area contributed by atoms with Crippen molar-refractivity contribution in [1.82, 2.24) is 9.80 Å². The quantitative estimate of drug-likeness (QED) is 0.685. The normalized spacial score (nSPS) is 26.2. The number of carbonyl (C=O) groups is 1. The number of amides is 1. The van der Waals surface area contributed by atoms with Gasteiger partial charge in [-0.05, 0) is 64.2 Å². The SMILES string of the molecule is CC(C)(C)OC(=O)N1C[C@@H](N)[C@H](c2ccc(Cl)c(Cl)c2)CC1CCN1CCC(O)CC1. The minimum Gasteiger partial charge on any atom is -0.444 e. The van der Waals surface area contributed by atoms with E-state index in [0.29, 0.717) is 16.6 Å². The van der Waals surface area contributed by atoms with Gasteiger partial charge in [0.15, 0.2) is 0 Å². The van der Waals surface area contributed by atoms with Gasteiger partial charge in [-0.15, -0.1) is 0 Å². The summed E-state index contributed by atoms with van der Waals surface area (Å²) in [5.41, 5.74) is 7.04. The molecule has 2 aliphatic heterocycles. The number of benzene rings is 1. The van der Waals surface area contributed by atoms with Crippen LogP contribution in [-0.2, 0) is 4.74 Å². The summed E-state index contributed by atoms with van der Waals surface area (Å²) in [6, 6.07) is 5.47. The maximum absolute atomic E-state index is 13.0. The van der Waals surface area contributed by atoms with Gasteiger partial charge in [0.1, 0.15) is 5.60 Å². The zero-order valence-electron chi connectivity index (χ0n) is 18.7. The van der Waals surface area contributed by atoms with Gasteiger partial charge in [-0.3, -0.25) is 0 Å². The smallest absolute Gasteiger partial charge is 0.410 e. The van der Waals surface area contributed by atoms with Crippen molar-refractivity contribution in [3.05, 3.63) is 33.8 Å². The highest BCUT2D eigenvalue weighted by Crippen LogP contribution is 2.36. The molecule has 0 radical (unpaired) electrons. The summed E-state index contributed by atoms with van der Waals surface area (Å²) in [6.07, 6.45) is 2.68. The lowest BCUT2D eigenvalue weighted by Gasteiger charge is -2.44. The molecule has 1 amide bonds. The highest BCUT2D eigenvalue weighted by atomic mass is 35.5. The monoisotopic (exact) mass is 471 g/mol. The number of piperidine rings is 2. The van der Waals surface area contributed by atoms with Gasteiger partial charge in [0.2, 0.25) is 0 Å². The van der Waals surface area contributed by atoms with Crippen LogP contribution in [0, 0.1) is 0 Å². The zero-order chi connectivity index (χ0) is 22.8. The topological polar surface area (TPSA) is 79.0 Å². The first-order valence-electron chi connectivity index (χ1n) is 11.1. The van der Waals surface area contributed by atoms with E-state index in [2.05, 4.69) is 4.90 Å². The molecule has 31 heavy (non-hydrogen) atoms. The molecule has 1 aromatic carbocycles. The van der Waals surface area contributed by atoms with Crippen LogP contribution >= 0.6 is 23.2 Å². The molecule has 2 saturated heterocycles. The number of rotatable bonds is 4. The van der Waals surface area contributed by atoms with Gasteiger partial charge in [0.05, 0.1) is 16.1 Å². The fraction of sp³-hybridized carbons (Fsp3) is 0.696. The van der Waals surface area contributed by atoms with Crippen LogP contribution in [0.5, 0.6) is 0 Å². The molecule has 0 saturated carbocycles. The van der Waals surface area contributed by atoms with Crippen molar-refractivity contribution in [2.24, 2.45) is 5.73 Å². The van der Waals surface area contributed by atoms with Crippen LogP contribution in [-0.4, -0.2) is 71.0 Å². The van der Waals surface area contributed by atoms with Crippen molar-refractivity contribution in [1.29, 1.82) is 0 Å². The van der Waals surface area contributed by atoms with Gasteiger partial charge in [0, 0.05) is 44.2 Å². The Morgan fingerprint density at radius 3 is 2.52 bits per heavy atom. The molecule has 0 spiro atoms. The van der Waals surface area contributed by atoms with Crippen LogP contribution in [0.2, 0.25) is 10.0 Å². The van der Waals surface area contributed by atoms with Crippen molar-refractivity contribution in [3.8, 4) is 0 Å². The number of halogens is 2. The Morgan fingerprint density at radius 1 is 1.23 bits per heavy atom. The van der Waals surface area contributed by atoms with Gasteiger partial charge < -0.3 is 25.4 Å². The Bertz CT molecular complexity index is 763. The van der Waals surface area contributed by atoms with E-state index in [9.17, 15) is 9.90 Å². The largest absolute Gasteiger partial charge is 0.444 e. The van der Waals surface area contributed by atoms with E-state index < -0.39 is 5.60 Å². The summed E-state index contributed by atoms with van der Waals surface area (Å²) in [5, 5.41) is 10.8. The van der Waals surface area contributed by atoms with Crippen molar-refractivity contribution >= 4 is 29.3 Å². The lowest BCUT2D eigenvalue weighted by Crippen LogP contribution is -2.56. The standard InChI is InChI=1S/C23H35Cl2N3O3/c1-23(2,3)31-22(30)28-14-21(26)18(15-4-5-19(24)20(25)12-15)13-16(28)6-9-27-10-7-17(29)8-11-27/h4-5,12,16-18,21,29H,6-11,13-14,26H2,1-3H3/t16?,18-,21+/m0/s1. The summed E-state index contributed by atoms with van der Waals surface area (Å²) < 4.78 is 5.68. The average Bonchev–Trinajstić information content (AvgIpc) is 2.69. The van der Waals surface area contributed by atoms with E-state index >= 15 is 0 Å². The van der Waals surface area contributed by atoms with Crippen LogP contribution in [0.1, 0.15) is 57.9 Å². The predicted octanol–water partition coefficient (Wildman–Crippen LogP) is 4.26. The summed E-state index contributed by atoms with van der Waals surface area (Å²) in [7, 11) is 0. The highest BCUT2D eigenvalue weighted by molar-refractivity contribution is 6.42. The number of aliphatic hydroxyl groups excluding tert-OH is 1. The molecule has 3 N–H and O–H groups in total. The molecule has 0 bridgehead atoms. The van der Waals surface area contributed by atoms with E-state index in [1.807, 2.05) is 37.8 Å². The molecule has 0 aromatic heterocycles. The Hall–Kier alpha value is -1.05. The number of aliphatic hydroxyl groups is 1. The Labute approximate surface area is 195 Å². The first kappa shape index (κ1) is 24.6. The molecule has 6 nitrogen and oxygen atoms in total. The second kappa shape index (κ2) is 10.3. The molecular weight excluding hydrogens is 437 g/mol. The lowest BCUT2D eigenvalue weighted by molar-refractivity contribution is 0.00202. The summed E-state index contributed by atoms with van der Waals surface area (Å²) in [4.78, 5) is 17.1. The fourth-order valence-electron chi connectivity index (χ4n) is 4.52. The number of hydrogen-bond acceptors (Lipinski definition) is 5. The van der Waals surface area contributed by atoms with Crippen LogP contribution in [0.15, 0.2) is 18.2 Å². The number of nitrogens with zero attached hydrogens (tertiary/aromatic N) is 2. The van der Waals surface area contributed by atoms with Crippen LogP contribution < -0.4 is 5.73 Å². The molecule has 1 aromatic rings. The Kier molecular flexibility index (Phi) is 8.14. The number of hydrogen-bond donors (Lipinski definition) is 2. The van der Waals surface area contributed by atoms with Crippen molar-refractivity contribution in [2.45, 2.75) is 76.2 Å². The fourth-order valence-corrected chi connectivity index (χ4v) is 4.82. The lowest BCUT2D eigenvalue weighted by atomic mass is 9.81. The van der Waals surface area contributed by atoms with E-state index in [0.717, 1.165) is 50.9 Å². The van der Waals surface area contributed by atoms with Crippen LogP contribution in [0.4, 0.5) is 4.79 Å². The molecular formula is C23H35Cl2N3O3. The highest BCUT2D eigenvalue weighted by Gasteiger charge is 2.39. The minimum atomic E-state index is -0.560. The molecule has 174 valence electrons. The number of nitrogens with two attached hydrogens (primary N) is 1. The second-order valence-corrected chi connectivity index (χ2v) is 10.6.